The summed E-state index contributed by atoms with van der Waals surface area (Å²) in [7, 11) is 0. The predicted molar refractivity (Wildman–Crippen MR) is 127 cm³/mol. The summed E-state index contributed by atoms with van der Waals surface area (Å²) >= 11 is 0. The number of nitrogens with one attached hydrogen (secondary N) is 1. The first kappa shape index (κ1) is 28.3. The van der Waals surface area contributed by atoms with Gasteiger partial charge in [-0.25, -0.2) is 0 Å². The van der Waals surface area contributed by atoms with Crippen LogP contribution in [0.25, 0.3) is 0 Å². The monoisotopic (exact) mass is 461 g/mol. The molecule has 1 N–H and O–H groups in total. The van der Waals surface area contributed by atoms with Crippen LogP contribution in [0, 0.1) is 11.8 Å². The van der Waals surface area contributed by atoms with Crippen LogP contribution >= 0.6 is 0 Å². The third kappa shape index (κ3) is 10.6. The quantitative estimate of drug-likeness (QED) is 0.242. The van der Waals surface area contributed by atoms with Crippen LogP contribution in [-0.2, 0) is 30.3 Å². The summed E-state index contributed by atoms with van der Waals surface area (Å²) in [5.74, 6) is -4.21. The number of hydrogen-bond donors (Lipinski definition) is 1. The molecule has 0 bridgehead atoms. The molecule has 1 rings (SSSR count). The number of amides is 1. The minimum Gasteiger partial charge on any atom is -0.459 e. The van der Waals surface area contributed by atoms with Crippen LogP contribution in [0.4, 0.5) is 0 Å². The normalized spacial score (nSPS) is 12.8. The smallest absolute Gasteiger partial charge is 0.321 e. The number of benzene rings is 1. The average Bonchev–Trinajstić information content (AvgIpc) is 2.64. The first-order valence-corrected chi connectivity index (χ1v) is 11.4. The maximum absolute atomic E-state index is 13.1. The van der Waals surface area contributed by atoms with Crippen LogP contribution in [0.2, 0.25) is 0 Å². The zero-order chi connectivity index (χ0) is 25.4. The van der Waals surface area contributed by atoms with Gasteiger partial charge in [0.2, 0.25) is 5.91 Å². The molecule has 7 nitrogen and oxygen atoms in total. The standard InChI is InChI=1S/C26H39NO6/c1-17(21(23(30)32-25(3,4)5)24(31)33-26(6,7)8)22(29)20-14-12-19(13-15-20)11-9-10-16-27-18(2)28/h12-15,17,21H,9-11,16H2,1-8H3,(H,27,28). The Balaban J connectivity index is 2.93. The number of aryl methyl sites for hydroxylation is 1. The summed E-state index contributed by atoms with van der Waals surface area (Å²) in [6, 6.07) is 7.16. The third-order valence-corrected chi connectivity index (χ3v) is 4.74. The molecule has 0 aliphatic carbocycles. The lowest BCUT2D eigenvalue weighted by atomic mass is 9.86. The van der Waals surface area contributed by atoms with Gasteiger partial charge in [-0.15, -0.1) is 0 Å². The van der Waals surface area contributed by atoms with E-state index in [4.69, 9.17) is 9.47 Å². The van der Waals surface area contributed by atoms with Crippen molar-refractivity contribution in [3.05, 3.63) is 35.4 Å². The fourth-order valence-corrected chi connectivity index (χ4v) is 3.20. The highest BCUT2D eigenvalue weighted by Gasteiger charge is 2.42. The fourth-order valence-electron chi connectivity index (χ4n) is 3.20. The zero-order valence-electron chi connectivity index (χ0n) is 21.2. The van der Waals surface area contributed by atoms with E-state index in [0.717, 1.165) is 24.8 Å². The Hall–Kier alpha value is -2.70. The van der Waals surface area contributed by atoms with Gasteiger partial charge in [0.25, 0.3) is 0 Å². The summed E-state index contributed by atoms with van der Waals surface area (Å²) in [4.78, 5) is 49.7. The molecule has 0 spiro atoms. The number of ketones is 1. The molecule has 33 heavy (non-hydrogen) atoms. The first-order valence-electron chi connectivity index (χ1n) is 11.4. The molecule has 184 valence electrons. The van der Waals surface area contributed by atoms with Gasteiger partial charge in [0, 0.05) is 24.9 Å². The van der Waals surface area contributed by atoms with Crippen LogP contribution in [0.5, 0.6) is 0 Å². The largest absolute Gasteiger partial charge is 0.459 e. The predicted octanol–water partition coefficient (Wildman–Crippen LogP) is 4.26. The van der Waals surface area contributed by atoms with E-state index in [1.54, 1.807) is 60.6 Å². The Labute approximate surface area is 197 Å². The molecule has 0 fully saturated rings. The Kier molecular flexibility index (Phi) is 10.3. The Morgan fingerprint density at radius 3 is 1.76 bits per heavy atom. The summed E-state index contributed by atoms with van der Waals surface area (Å²) in [5.41, 5.74) is -0.122. The second-order valence-electron chi connectivity index (χ2n) is 10.3. The molecule has 1 unspecified atom stereocenters. The Morgan fingerprint density at radius 1 is 0.848 bits per heavy atom. The molecule has 0 saturated carbocycles. The maximum atomic E-state index is 13.1. The number of esters is 2. The van der Waals surface area contributed by atoms with Crippen LogP contribution in [0.3, 0.4) is 0 Å². The van der Waals surface area contributed by atoms with Crippen LogP contribution in [0.1, 0.15) is 84.2 Å². The number of rotatable bonds is 10. The van der Waals surface area contributed by atoms with E-state index in [9.17, 15) is 19.2 Å². The van der Waals surface area contributed by atoms with Gasteiger partial charge < -0.3 is 14.8 Å². The Bertz CT molecular complexity index is 802. The highest BCUT2D eigenvalue weighted by molar-refractivity contribution is 6.05. The van der Waals surface area contributed by atoms with Gasteiger partial charge in [-0.1, -0.05) is 31.2 Å². The van der Waals surface area contributed by atoms with E-state index in [1.807, 2.05) is 12.1 Å². The summed E-state index contributed by atoms with van der Waals surface area (Å²) in [6.45, 7) is 13.9. The van der Waals surface area contributed by atoms with Gasteiger partial charge in [0.15, 0.2) is 11.7 Å². The third-order valence-electron chi connectivity index (χ3n) is 4.74. The first-order chi connectivity index (χ1) is 15.1. The maximum Gasteiger partial charge on any atom is 0.321 e. The second-order valence-corrected chi connectivity index (χ2v) is 10.3. The van der Waals surface area contributed by atoms with Gasteiger partial charge in [0.05, 0.1) is 0 Å². The number of unbranched alkanes of at least 4 members (excludes halogenated alkanes) is 1. The topological polar surface area (TPSA) is 98.8 Å². The number of carbonyl (C=O) groups excluding carboxylic acids is 4. The van der Waals surface area contributed by atoms with Crippen molar-refractivity contribution in [2.75, 3.05) is 6.54 Å². The van der Waals surface area contributed by atoms with Crippen molar-refractivity contribution in [3.8, 4) is 0 Å². The van der Waals surface area contributed by atoms with E-state index < -0.39 is 35.0 Å². The van der Waals surface area contributed by atoms with Crippen molar-refractivity contribution in [1.82, 2.24) is 5.32 Å². The lowest BCUT2D eigenvalue weighted by molar-refractivity contribution is -0.176. The van der Waals surface area contributed by atoms with E-state index >= 15 is 0 Å². The molecule has 0 saturated heterocycles. The van der Waals surface area contributed by atoms with Gasteiger partial charge in [0.1, 0.15) is 11.2 Å². The molecule has 1 aromatic carbocycles. The van der Waals surface area contributed by atoms with Gasteiger partial charge in [-0.2, -0.15) is 0 Å². The van der Waals surface area contributed by atoms with Crippen molar-refractivity contribution >= 4 is 23.6 Å². The second kappa shape index (κ2) is 12.0. The Morgan fingerprint density at radius 2 is 1.33 bits per heavy atom. The molecular weight excluding hydrogens is 422 g/mol. The van der Waals surface area contributed by atoms with Crippen molar-refractivity contribution in [2.45, 2.75) is 85.9 Å². The van der Waals surface area contributed by atoms with Crippen LogP contribution in [-0.4, -0.2) is 41.4 Å². The van der Waals surface area contributed by atoms with Crippen molar-refractivity contribution in [3.63, 3.8) is 0 Å². The van der Waals surface area contributed by atoms with Crippen molar-refractivity contribution < 1.29 is 28.7 Å². The van der Waals surface area contributed by atoms with Crippen LogP contribution < -0.4 is 5.32 Å². The van der Waals surface area contributed by atoms with E-state index in [-0.39, 0.29) is 11.7 Å². The molecule has 1 amide bonds. The molecule has 0 aliphatic rings. The molecule has 7 heteroatoms. The minimum absolute atomic E-state index is 0.0388. The molecule has 0 radical (unpaired) electrons. The lowest BCUT2D eigenvalue weighted by Gasteiger charge is -2.28. The van der Waals surface area contributed by atoms with Gasteiger partial charge >= 0.3 is 11.9 Å². The number of ether oxygens (including phenoxy) is 2. The van der Waals surface area contributed by atoms with Crippen molar-refractivity contribution in [1.29, 1.82) is 0 Å². The van der Waals surface area contributed by atoms with E-state index in [0.29, 0.717) is 12.1 Å². The lowest BCUT2D eigenvalue weighted by Crippen LogP contribution is -2.42. The summed E-state index contributed by atoms with van der Waals surface area (Å²) in [6.07, 6.45) is 2.59. The molecule has 1 aromatic rings. The molecule has 1 atom stereocenters. The number of carbonyl (C=O) groups is 4. The SMILES string of the molecule is CC(=O)NCCCCc1ccc(C(=O)C(C)C(C(=O)OC(C)(C)C)C(=O)OC(C)(C)C)cc1. The van der Waals surface area contributed by atoms with Crippen LogP contribution in [0.15, 0.2) is 24.3 Å². The van der Waals surface area contributed by atoms with E-state index in [2.05, 4.69) is 5.32 Å². The van der Waals surface area contributed by atoms with Crippen molar-refractivity contribution in [2.24, 2.45) is 11.8 Å². The molecule has 0 heterocycles. The van der Waals surface area contributed by atoms with Gasteiger partial charge in [-0.05, 0) is 66.4 Å². The highest BCUT2D eigenvalue weighted by atomic mass is 16.6. The number of Topliss-reactive ketones (excluding diaryl/α,β-unsaturated/α-hetero) is 1. The zero-order valence-corrected chi connectivity index (χ0v) is 21.2. The molecular formula is C26H39NO6. The fraction of sp³-hybridized carbons (Fsp3) is 0.615. The summed E-state index contributed by atoms with van der Waals surface area (Å²) in [5, 5.41) is 2.77. The van der Waals surface area contributed by atoms with Gasteiger partial charge in [-0.3, -0.25) is 19.2 Å². The molecule has 0 aliphatic heterocycles. The molecule has 0 aromatic heterocycles. The average molecular weight is 462 g/mol. The summed E-state index contributed by atoms with van der Waals surface area (Å²) < 4.78 is 10.8. The minimum atomic E-state index is -1.36. The van der Waals surface area contributed by atoms with E-state index in [1.165, 1.54) is 6.92 Å². The number of hydrogen-bond acceptors (Lipinski definition) is 6. The highest BCUT2D eigenvalue weighted by Crippen LogP contribution is 2.25.